The Kier molecular flexibility index (Phi) is 4.27. The molecule has 3 atom stereocenters. The van der Waals surface area contributed by atoms with E-state index in [1.807, 2.05) is 31.2 Å². The van der Waals surface area contributed by atoms with Crippen LogP contribution in [0.1, 0.15) is 30.4 Å². The van der Waals surface area contributed by atoms with Gasteiger partial charge in [-0.15, -0.1) is 0 Å². The summed E-state index contributed by atoms with van der Waals surface area (Å²) in [6.45, 7) is 2.33. The lowest BCUT2D eigenvalue weighted by molar-refractivity contribution is -0.170. The molecule has 116 valence electrons. The lowest BCUT2D eigenvalue weighted by Crippen LogP contribution is -2.57. The van der Waals surface area contributed by atoms with E-state index >= 15 is 0 Å². The van der Waals surface area contributed by atoms with E-state index in [-0.39, 0.29) is 5.92 Å². The Morgan fingerprint density at radius 1 is 1.33 bits per heavy atom. The molecule has 0 radical (unpaired) electrons. The molecule has 2 N–H and O–H groups in total. The molecule has 1 aromatic rings. The van der Waals surface area contributed by atoms with Crippen LogP contribution in [0.2, 0.25) is 0 Å². The molecular formula is C15H19F3N2O. The number of aryl methyl sites for hydroxylation is 1. The number of piperidine rings is 1. The summed E-state index contributed by atoms with van der Waals surface area (Å²) >= 11 is 0. The van der Waals surface area contributed by atoms with Gasteiger partial charge in [0.25, 0.3) is 0 Å². The molecule has 0 bridgehead atoms. The Morgan fingerprint density at radius 3 is 2.52 bits per heavy atom. The molecule has 2 rings (SSSR count). The normalized spacial score (nSPS) is 27.0. The van der Waals surface area contributed by atoms with E-state index in [2.05, 4.69) is 0 Å². The minimum absolute atomic E-state index is 0.179. The molecule has 1 aliphatic rings. The Hall–Kier alpha value is -1.56. The van der Waals surface area contributed by atoms with Gasteiger partial charge in [-0.2, -0.15) is 13.2 Å². The van der Waals surface area contributed by atoms with Crippen molar-refractivity contribution in [2.45, 2.75) is 44.4 Å². The summed E-state index contributed by atoms with van der Waals surface area (Å²) in [5, 5.41) is 0. The van der Waals surface area contributed by atoms with Gasteiger partial charge in [-0.1, -0.05) is 24.3 Å². The van der Waals surface area contributed by atoms with E-state index in [4.69, 9.17) is 5.73 Å². The molecule has 0 spiro atoms. The third kappa shape index (κ3) is 3.37. The van der Waals surface area contributed by atoms with Crippen LogP contribution >= 0.6 is 0 Å². The molecule has 3 unspecified atom stereocenters. The van der Waals surface area contributed by atoms with Crippen molar-refractivity contribution in [2.24, 2.45) is 5.73 Å². The summed E-state index contributed by atoms with van der Waals surface area (Å²) in [5.74, 6) is -0.800. The van der Waals surface area contributed by atoms with E-state index in [1.165, 1.54) is 0 Å². The first kappa shape index (κ1) is 15.8. The zero-order chi connectivity index (χ0) is 15.8. The molecular weight excluding hydrogens is 281 g/mol. The zero-order valence-electron chi connectivity index (χ0n) is 12.0. The molecule has 0 aliphatic carbocycles. The molecule has 0 saturated carbocycles. The number of rotatable bonds is 2. The van der Waals surface area contributed by atoms with Crippen molar-refractivity contribution in [2.75, 3.05) is 6.54 Å². The predicted octanol–water partition coefficient (Wildman–Crippen LogP) is 2.59. The lowest BCUT2D eigenvalue weighted by atomic mass is 9.80. The van der Waals surface area contributed by atoms with Crippen LogP contribution in [0.15, 0.2) is 24.3 Å². The van der Waals surface area contributed by atoms with Crippen molar-refractivity contribution >= 4 is 5.91 Å². The Morgan fingerprint density at radius 2 is 1.95 bits per heavy atom. The number of alkyl halides is 3. The molecule has 6 heteroatoms. The summed E-state index contributed by atoms with van der Waals surface area (Å²) < 4.78 is 38.1. The quantitative estimate of drug-likeness (QED) is 0.912. The highest BCUT2D eigenvalue weighted by atomic mass is 19.4. The molecule has 1 fully saturated rings. The second-order valence-corrected chi connectivity index (χ2v) is 5.63. The van der Waals surface area contributed by atoms with Gasteiger partial charge in [-0.05, 0) is 31.4 Å². The van der Waals surface area contributed by atoms with Crippen molar-refractivity contribution in [1.82, 2.24) is 4.90 Å². The number of nitrogens with zero attached hydrogens (tertiary/aromatic N) is 1. The van der Waals surface area contributed by atoms with E-state index in [1.54, 1.807) is 6.92 Å². The molecule has 3 nitrogen and oxygen atoms in total. The average Bonchev–Trinajstić information content (AvgIpc) is 2.39. The highest BCUT2D eigenvalue weighted by molar-refractivity contribution is 5.83. The molecule has 1 aromatic carbocycles. The molecule has 1 amide bonds. The minimum Gasteiger partial charge on any atom is -0.329 e. The first-order valence-corrected chi connectivity index (χ1v) is 6.89. The van der Waals surface area contributed by atoms with Crippen LogP contribution in [0, 0.1) is 6.92 Å². The second-order valence-electron chi connectivity index (χ2n) is 5.63. The third-order valence-electron chi connectivity index (χ3n) is 4.12. The SMILES string of the molecule is Cc1ccccc1C1CC(N)C(=O)N(CC(F)(F)F)C1C. The fourth-order valence-electron chi connectivity index (χ4n) is 3.01. The largest absolute Gasteiger partial charge is 0.406 e. The average molecular weight is 300 g/mol. The second kappa shape index (κ2) is 5.67. The first-order valence-electron chi connectivity index (χ1n) is 6.89. The zero-order valence-corrected chi connectivity index (χ0v) is 12.0. The van der Waals surface area contributed by atoms with Gasteiger partial charge in [0.15, 0.2) is 0 Å². The minimum atomic E-state index is -4.42. The predicted molar refractivity (Wildman–Crippen MR) is 73.7 cm³/mol. The Bertz CT molecular complexity index is 530. The number of carbonyl (C=O) groups excluding carboxylic acids is 1. The lowest BCUT2D eigenvalue weighted by Gasteiger charge is -2.42. The molecule has 0 aromatic heterocycles. The van der Waals surface area contributed by atoms with Crippen molar-refractivity contribution < 1.29 is 18.0 Å². The van der Waals surface area contributed by atoms with Crippen LogP contribution in [0.4, 0.5) is 13.2 Å². The van der Waals surface area contributed by atoms with E-state index < -0.39 is 30.7 Å². The summed E-state index contributed by atoms with van der Waals surface area (Å²) in [6, 6.07) is 6.13. The van der Waals surface area contributed by atoms with E-state index in [0.717, 1.165) is 16.0 Å². The van der Waals surface area contributed by atoms with Crippen molar-refractivity contribution in [3.63, 3.8) is 0 Å². The standard InChI is InChI=1S/C15H19F3N2O/c1-9-5-3-4-6-11(9)12-7-13(19)14(21)20(10(12)2)8-15(16,17)18/h3-6,10,12-13H,7-8,19H2,1-2H3. The monoisotopic (exact) mass is 300 g/mol. The Labute approximate surface area is 121 Å². The van der Waals surface area contributed by atoms with Crippen LogP contribution in [0.3, 0.4) is 0 Å². The van der Waals surface area contributed by atoms with Gasteiger partial charge in [0.1, 0.15) is 6.54 Å². The number of nitrogens with two attached hydrogens (primary N) is 1. The van der Waals surface area contributed by atoms with E-state index in [9.17, 15) is 18.0 Å². The maximum atomic E-state index is 12.7. The van der Waals surface area contributed by atoms with Gasteiger partial charge in [-0.25, -0.2) is 0 Å². The number of likely N-dealkylation sites (tertiary alicyclic amines) is 1. The molecule has 1 aliphatic heterocycles. The molecule has 1 saturated heterocycles. The number of amides is 1. The Balaban J connectivity index is 2.32. The summed E-state index contributed by atoms with van der Waals surface area (Å²) in [7, 11) is 0. The van der Waals surface area contributed by atoms with Gasteiger partial charge >= 0.3 is 6.18 Å². The number of halogens is 3. The molecule has 21 heavy (non-hydrogen) atoms. The van der Waals surface area contributed by atoms with Crippen LogP contribution in [0.25, 0.3) is 0 Å². The van der Waals surface area contributed by atoms with Crippen molar-refractivity contribution in [1.29, 1.82) is 0 Å². The van der Waals surface area contributed by atoms with Crippen LogP contribution < -0.4 is 5.73 Å². The van der Waals surface area contributed by atoms with Crippen molar-refractivity contribution in [3.05, 3.63) is 35.4 Å². The summed E-state index contributed by atoms with van der Waals surface area (Å²) in [5.41, 5.74) is 7.73. The third-order valence-corrected chi connectivity index (χ3v) is 4.12. The number of hydrogen-bond donors (Lipinski definition) is 1. The van der Waals surface area contributed by atoms with Crippen LogP contribution in [-0.4, -0.2) is 35.6 Å². The van der Waals surface area contributed by atoms with Crippen LogP contribution in [-0.2, 0) is 4.79 Å². The summed E-state index contributed by atoms with van der Waals surface area (Å²) in [4.78, 5) is 12.8. The fraction of sp³-hybridized carbons (Fsp3) is 0.533. The van der Waals surface area contributed by atoms with Gasteiger partial charge < -0.3 is 10.6 Å². The van der Waals surface area contributed by atoms with Gasteiger partial charge in [0.2, 0.25) is 5.91 Å². The van der Waals surface area contributed by atoms with Gasteiger partial charge in [0, 0.05) is 12.0 Å². The van der Waals surface area contributed by atoms with Gasteiger partial charge in [-0.3, -0.25) is 4.79 Å². The topological polar surface area (TPSA) is 46.3 Å². The maximum Gasteiger partial charge on any atom is 0.406 e. The highest BCUT2D eigenvalue weighted by Gasteiger charge is 2.43. The maximum absolute atomic E-state index is 12.7. The van der Waals surface area contributed by atoms with Gasteiger partial charge in [0.05, 0.1) is 6.04 Å². The smallest absolute Gasteiger partial charge is 0.329 e. The highest BCUT2D eigenvalue weighted by Crippen LogP contribution is 2.35. The van der Waals surface area contributed by atoms with Crippen LogP contribution in [0.5, 0.6) is 0 Å². The summed E-state index contributed by atoms with van der Waals surface area (Å²) in [6.07, 6.45) is -4.05. The number of hydrogen-bond acceptors (Lipinski definition) is 2. The number of carbonyl (C=O) groups is 1. The fourth-order valence-corrected chi connectivity index (χ4v) is 3.01. The first-order chi connectivity index (χ1) is 9.70. The number of benzene rings is 1. The van der Waals surface area contributed by atoms with E-state index in [0.29, 0.717) is 6.42 Å². The van der Waals surface area contributed by atoms with Crippen molar-refractivity contribution in [3.8, 4) is 0 Å². The molecule has 1 heterocycles.